The maximum absolute atomic E-state index is 5.33. The molecule has 3 heteroatoms. The van der Waals surface area contributed by atoms with Gasteiger partial charge in [0, 0.05) is 24.9 Å². The van der Waals surface area contributed by atoms with E-state index in [1.807, 2.05) is 11.8 Å². The van der Waals surface area contributed by atoms with Crippen molar-refractivity contribution in [3.8, 4) is 0 Å². The normalized spacial score (nSPS) is 13.2. The van der Waals surface area contributed by atoms with Gasteiger partial charge in [-0.1, -0.05) is 13.8 Å². The number of nitrogens with one attached hydrogen (secondary N) is 1. The van der Waals surface area contributed by atoms with Crippen LogP contribution in [0.4, 0.5) is 0 Å². The van der Waals surface area contributed by atoms with Gasteiger partial charge in [-0.15, -0.1) is 0 Å². The van der Waals surface area contributed by atoms with Crippen molar-refractivity contribution in [1.29, 1.82) is 0 Å². The summed E-state index contributed by atoms with van der Waals surface area (Å²) in [7, 11) is 0. The average Bonchev–Trinajstić information content (AvgIpc) is 2.10. The Labute approximate surface area is 80.4 Å². The van der Waals surface area contributed by atoms with E-state index in [4.69, 9.17) is 4.74 Å². The molecule has 74 valence electrons. The van der Waals surface area contributed by atoms with Crippen LogP contribution in [0.5, 0.6) is 0 Å². The highest BCUT2D eigenvalue weighted by Crippen LogP contribution is 2.01. The van der Waals surface area contributed by atoms with E-state index in [-0.39, 0.29) is 0 Å². The molecule has 0 bridgehead atoms. The predicted octanol–water partition coefficient (Wildman–Crippen LogP) is 1.75. The summed E-state index contributed by atoms with van der Waals surface area (Å²) in [6.07, 6.45) is 3.25. The monoisotopic (exact) mass is 191 g/mol. The van der Waals surface area contributed by atoms with Crippen molar-refractivity contribution in [3.05, 3.63) is 0 Å². The van der Waals surface area contributed by atoms with Crippen LogP contribution in [0.1, 0.15) is 20.3 Å². The molecule has 0 saturated carbocycles. The van der Waals surface area contributed by atoms with Gasteiger partial charge in [-0.3, -0.25) is 0 Å². The lowest BCUT2D eigenvalue weighted by Crippen LogP contribution is -2.26. The molecular formula is C9H21NOS. The van der Waals surface area contributed by atoms with Gasteiger partial charge in [0.2, 0.25) is 0 Å². The molecule has 0 saturated heterocycles. The summed E-state index contributed by atoms with van der Waals surface area (Å²) in [5.74, 6) is 0. The molecule has 0 spiro atoms. The van der Waals surface area contributed by atoms with Gasteiger partial charge >= 0.3 is 0 Å². The molecule has 0 aliphatic heterocycles. The number of hydrogen-bond donors (Lipinski definition) is 1. The van der Waals surface area contributed by atoms with Gasteiger partial charge in [0.1, 0.15) is 0 Å². The van der Waals surface area contributed by atoms with E-state index in [9.17, 15) is 0 Å². The topological polar surface area (TPSA) is 21.3 Å². The first-order valence-corrected chi connectivity index (χ1v) is 5.91. The third kappa shape index (κ3) is 8.37. The second-order valence-corrected chi connectivity index (χ2v) is 4.14. The molecule has 0 aromatic heterocycles. The fourth-order valence-corrected chi connectivity index (χ4v) is 1.06. The van der Waals surface area contributed by atoms with Crippen molar-refractivity contribution in [2.75, 3.05) is 32.6 Å². The summed E-state index contributed by atoms with van der Waals surface area (Å²) in [6.45, 7) is 8.14. The Morgan fingerprint density at radius 2 is 2.17 bits per heavy atom. The lowest BCUT2D eigenvalue weighted by molar-refractivity contribution is 0.137. The molecule has 0 rings (SSSR count). The molecule has 0 heterocycles. The minimum atomic E-state index is 0.705. The molecule has 1 atom stereocenters. The van der Waals surface area contributed by atoms with Crippen LogP contribution in [-0.4, -0.2) is 37.8 Å². The fourth-order valence-electron chi connectivity index (χ4n) is 0.779. The molecule has 12 heavy (non-hydrogen) atoms. The predicted molar refractivity (Wildman–Crippen MR) is 57.0 cm³/mol. The lowest BCUT2D eigenvalue weighted by atomic mass is 10.4. The summed E-state index contributed by atoms with van der Waals surface area (Å²) in [6, 6.07) is 0. The number of rotatable bonds is 8. The van der Waals surface area contributed by atoms with Crippen molar-refractivity contribution in [1.82, 2.24) is 5.32 Å². The van der Waals surface area contributed by atoms with Crippen molar-refractivity contribution < 1.29 is 4.74 Å². The van der Waals surface area contributed by atoms with Gasteiger partial charge < -0.3 is 10.1 Å². The van der Waals surface area contributed by atoms with Crippen molar-refractivity contribution in [2.24, 2.45) is 0 Å². The summed E-state index contributed by atoms with van der Waals surface area (Å²) in [5.41, 5.74) is 0. The van der Waals surface area contributed by atoms with E-state index >= 15 is 0 Å². The summed E-state index contributed by atoms with van der Waals surface area (Å²) in [5, 5.41) is 4.05. The second kappa shape index (κ2) is 9.36. The van der Waals surface area contributed by atoms with E-state index in [1.54, 1.807) is 0 Å². The van der Waals surface area contributed by atoms with Gasteiger partial charge in [-0.2, -0.15) is 11.8 Å². The maximum Gasteiger partial charge on any atom is 0.0590 e. The Balaban J connectivity index is 2.90. The molecule has 0 aliphatic carbocycles. The van der Waals surface area contributed by atoms with Crippen LogP contribution in [-0.2, 0) is 4.74 Å². The zero-order valence-electron chi connectivity index (χ0n) is 8.43. The minimum Gasteiger partial charge on any atom is -0.380 e. The zero-order chi connectivity index (χ0) is 9.23. The van der Waals surface area contributed by atoms with Crippen LogP contribution >= 0.6 is 11.8 Å². The molecule has 1 N–H and O–H groups in total. The van der Waals surface area contributed by atoms with E-state index in [1.165, 1.54) is 0 Å². The molecule has 0 aromatic carbocycles. The highest BCUT2D eigenvalue weighted by molar-refractivity contribution is 7.99. The summed E-state index contributed by atoms with van der Waals surface area (Å²) in [4.78, 5) is 0. The quantitative estimate of drug-likeness (QED) is 0.591. The molecule has 0 aromatic rings. The minimum absolute atomic E-state index is 0.705. The van der Waals surface area contributed by atoms with Gasteiger partial charge in [0.05, 0.1) is 6.61 Å². The molecule has 0 amide bonds. The number of thioether (sulfide) groups is 1. The highest BCUT2D eigenvalue weighted by Gasteiger charge is 1.96. The summed E-state index contributed by atoms with van der Waals surface area (Å²) < 4.78 is 5.33. The first kappa shape index (κ1) is 12.3. The summed E-state index contributed by atoms with van der Waals surface area (Å²) >= 11 is 1.89. The Bertz CT molecular complexity index is 90.6. The van der Waals surface area contributed by atoms with Crippen molar-refractivity contribution in [2.45, 2.75) is 25.5 Å². The Morgan fingerprint density at radius 3 is 2.75 bits per heavy atom. The molecule has 1 unspecified atom stereocenters. The van der Waals surface area contributed by atoms with Crippen LogP contribution in [0, 0.1) is 0 Å². The van der Waals surface area contributed by atoms with Crippen molar-refractivity contribution >= 4 is 11.8 Å². The number of ether oxygens (including phenoxy) is 1. The van der Waals surface area contributed by atoms with E-state index in [0.29, 0.717) is 5.25 Å². The number of hydrogen-bond acceptors (Lipinski definition) is 3. The van der Waals surface area contributed by atoms with Crippen LogP contribution in [0.3, 0.4) is 0 Å². The Morgan fingerprint density at radius 1 is 1.42 bits per heavy atom. The van der Waals surface area contributed by atoms with Gasteiger partial charge in [-0.05, 0) is 12.7 Å². The fraction of sp³-hybridized carbons (Fsp3) is 1.00. The van der Waals surface area contributed by atoms with Crippen LogP contribution in [0.25, 0.3) is 0 Å². The van der Waals surface area contributed by atoms with Crippen LogP contribution in [0.2, 0.25) is 0 Å². The van der Waals surface area contributed by atoms with Crippen molar-refractivity contribution in [3.63, 3.8) is 0 Å². The first-order valence-electron chi connectivity index (χ1n) is 4.62. The van der Waals surface area contributed by atoms with Gasteiger partial charge in [-0.25, -0.2) is 0 Å². The molecule has 0 fully saturated rings. The van der Waals surface area contributed by atoms with E-state index in [2.05, 4.69) is 25.4 Å². The SMILES string of the molecule is CCCOCCNCC(C)SC. The molecule has 2 nitrogen and oxygen atoms in total. The van der Waals surface area contributed by atoms with Gasteiger partial charge in [0.25, 0.3) is 0 Å². The maximum atomic E-state index is 5.33. The van der Waals surface area contributed by atoms with E-state index in [0.717, 1.165) is 32.7 Å². The third-order valence-corrected chi connectivity index (χ3v) is 2.58. The molecule has 0 aliphatic rings. The van der Waals surface area contributed by atoms with E-state index < -0.39 is 0 Å². The zero-order valence-corrected chi connectivity index (χ0v) is 9.25. The average molecular weight is 191 g/mol. The first-order chi connectivity index (χ1) is 5.81. The van der Waals surface area contributed by atoms with Crippen LogP contribution in [0.15, 0.2) is 0 Å². The smallest absolute Gasteiger partial charge is 0.0590 e. The standard InChI is InChI=1S/C9H21NOS/c1-4-6-11-7-5-10-8-9(2)12-3/h9-10H,4-8H2,1-3H3. The lowest BCUT2D eigenvalue weighted by Gasteiger charge is -2.09. The molecular weight excluding hydrogens is 170 g/mol. The third-order valence-electron chi connectivity index (χ3n) is 1.61. The second-order valence-electron chi connectivity index (χ2n) is 2.86. The highest BCUT2D eigenvalue weighted by atomic mass is 32.2. The Kier molecular flexibility index (Phi) is 9.57. The Hall–Kier alpha value is 0.270. The molecule has 0 radical (unpaired) electrons. The van der Waals surface area contributed by atoms with Crippen LogP contribution < -0.4 is 5.32 Å². The van der Waals surface area contributed by atoms with Gasteiger partial charge in [0.15, 0.2) is 0 Å². The largest absolute Gasteiger partial charge is 0.380 e.